The molecule has 5 rings (SSSR count). The maximum absolute atomic E-state index is 12.6. The van der Waals surface area contributed by atoms with Gasteiger partial charge in [-0.2, -0.15) is 0 Å². The average Bonchev–Trinajstić information content (AvgIpc) is 3.58. The van der Waals surface area contributed by atoms with Gasteiger partial charge in [-0.1, -0.05) is 0 Å². The molecule has 0 atom stereocenters. The van der Waals surface area contributed by atoms with Gasteiger partial charge in [0.05, 0.1) is 29.9 Å². The highest BCUT2D eigenvalue weighted by molar-refractivity contribution is 7.90. The number of hydrogen-bond acceptors (Lipinski definition) is 5. The van der Waals surface area contributed by atoms with Gasteiger partial charge in [-0.15, -0.1) is 0 Å². The summed E-state index contributed by atoms with van der Waals surface area (Å²) in [6.45, 7) is 1.15. The zero-order chi connectivity index (χ0) is 20.9. The van der Waals surface area contributed by atoms with Gasteiger partial charge < -0.3 is 9.30 Å². The zero-order valence-corrected chi connectivity index (χ0v) is 18.1. The number of methoxy groups -OCH3 is 1. The van der Waals surface area contributed by atoms with Crippen LogP contribution in [0.2, 0.25) is 0 Å². The minimum atomic E-state index is -3.10. The molecule has 3 aromatic rings. The van der Waals surface area contributed by atoms with E-state index in [1.807, 2.05) is 42.2 Å². The van der Waals surface area contributed by atoms with Gasteiger partial charge in [0.1, 0.15) is 11.3 Å². The highest BCUT2D eigenvalue weighted by atomic mass is 32.2. The van der Waals surface area contributed by atoms with Crippen molar-refractivity contribution in [3.05, 3.63) is 42.4 Å². The number of fused-ring (bicyclic) bond motifs is 1. The third-order valence-corrected chi connectivity index (χ3v) is 8.67. The summed E-state index contributed by atoms with van der Waals surface area (Å²) < 4.78 is 34.1. The lowest BCUT2D eigenvalue weighted by atomic mass is 9.93. The van der Waals surface area contributed by atoms with Crippen molar-refractivity contribution in [2.24, 2.45) is 7.05 Å². The topological polar surface area (TPSA) is 77.3 Å². The summed E-state index contributed by atoms with van der Waals surface area (Å²) in [7, 11) is 0.543. The number of rotatable bonds is 5. The third kappa shape index (κ3) is 3.37. The number of aryl methyl sites for hydroxylation is 1. The number of hydrogen-bond donors (Lipinski definition) is 0. The number of pyridine rings is 1. The Morgan fingerprint density at radius 2 is 1.77 bits per heavy atom. The molecule has 0 bridgehead atoms. The van der Waals surface area contributed by atoms with Crippen LogP contribution in [0.5, 0.6) is 5.75 Å². The Morgan fingerprint density at radius 1 is 1.07 bits per heavy atom. The maximum atomic E-state index is 12.6. The number of sulfonamides is 1. The number of imidazole rings is 1. The molecule has 0 N–H and O–H groups in total. The fourth-order valence-electron chi connectivity index (χ4n) is 4.29. The van der Waals surface area contributed by atoms with E-state index in [-0.39, 0.29) is 11.2 Å². The monoisotopic (exact) mass is 426 g/mol. The minimum Gasteiger partial charge on any atom is -0.497 e. The molecule has 2 fully saturated rings. The summed E-state index contributed by atoms with van der Waals surface area (Å²) in [5, 5.41) is -0.139. The van der Waals surface area contributed by atoms with E-state index in [4.69, 9.17) is 9.72 Å². The van der Waals surface area contributed by atoms with Gasteiger partial charge in [-0.05, 0) is 56.0 Å². The van der Waals surface area contributed by atoms with Gasteiger partial charge in [-0.25, -0.2) is 17.7 Å². The molecule has 1 aromatic carbocycles. The summed E-state index contributed by atoms with van der Waals surface area (Å²) in [5.41, 5.74) is 4.79. The van der Waals surface area contributed by atoms with Crippen LogP contribution in [-0.2, 0) is 17.1 Å². The molecule has 1 aliphatic carbocycles. The second-order valence-electron chi connectivity index (χ2n) is 8.27. The predicted octanol–water partition coefficient (Wildman–Crippen LogP) is 3.32. The Labute approximate surface area is 176 Å². The van der Waals surface area contributed by atoms with E-state index in [1.165, 1.54) is 0 Å². The number of ether oxygens (including phenoxy) is 1. The lowest BCUT2D eigenvalue weighted by molar-refractivity contribution is 0.316. The molecule has 1 saturated heterocycles. The lowest BCUT2D eigenvalue weighted by Crippen LogP contribution is -2.39. The number of piperidine rings is 1. The van der Waals surface area contributed by atoms with Gasteiger partial charge >= 0.3 is 0 Å². The summed E-state index contributed by atoms with van der Waals surface area (Å²) in [6, 6.07) is 9.98. The summed E-state index contributed by atoms with van der Waals surface area (Å²) >= 11 is 0. The second kappa shape index (κ2) is 7.35. The zero-order valence-electron chi connectivity index (χ0n) is 17.3. The molecule has 0 radical (unpaired) electrons. The first-order valence-corrected chi connectivity index (χ1v) is 11.9. The summed E-state index contributed by atoms with van der Waals surface area (Å²) in [6.07, 6.45) is 5.03. The van der Waals surface area contributed by atoms with Crippen molar-refractivity contribution < 1.29 is 13.2 Å². The molecule has 1 saturated carbocycles. The predicted molar refractivity (Wildman–Crippen MR) is 116 cm³/mol. The first-order chi connectivity index (χ1) is 14.5. The molecule has 3 heterocycles. The SMILES string of the molecule is COc1ccc(-c2nc(C3CCN(S(=O)(=O)C4CC4)CC3)cc3c2ncn3C)cc1. The van der Waals surface area contributed by atoms with Crippen LogP contribution in [0.4, 0.5) is 0 Å². The van der Waals surface area contributed by atoms with E-state index in [0.29, 0.717) is 13.1 Å². The van der Waals surface area contributed by atoms with Crippen LogP contribution >= 0.6 is 0 Å². The molecule has 2 aromatic heterocycles. The van der Waals surface area contributed by atoms with E-state index in [9.17, 15) is 8.42 Å². The smallest absolute Gasteiger partial charge is 0.216 e. The molecular formula is C22H26N4O3S. The van der Waals surface area contributed by atoms with E-state index in [1.54, 1.807) is 11.4 Å². The van der Waals surface area contributed by atoms with Crippen LogP contribution in [0, 0.1) is 0 Å². The Morgan fingerprint density at radius 3 is 2.40 bits per heavy atom. The van der Waals surface area contributed by atoms with Crippen LogP contribution in [0.3, 0.4) is 0 Å². The van der Waals surface area contributed by atoms with Crippen molar-refractivity contribution in [1.29, 1.82) is 0 Å². The standard InChI is InChI=1S/C22H26N4O3S/c1-25-14-23-22-20(25)13-19(24-21(22)16-3-5-17(29-2)6-4-16)15-9-11-26(12-10-15)30(27,28)18-7-8-18/h3-6,13-15,18H,7-12H2,1-2H3. The third-order valence-electron chi connectivity index (χ3n) is 6.27. The maximum Gasteiger partial charge on any atom is 0.216 e. The largest absolute Gasteiger partial charge is 0.497 e. The molecule has 7 nitrogen and oxygen atoms in total. The van der Waals surface area contributed by atoms with Crippen LogP contribution < -0.4 is 4.74 Å². The number of aromatic nitrogens is 3. The van der Waals surface area contributed by atoms with Crippen molar-refractivity contribution in [3.63, 3.8) is 0 Å². The molecular weight excluding hydrogens is 400 g/mol. The van der Waals surface area contributed by atoms with Gasteiger partial charge in [0.2, 0.25) is 10.0 Å². The van der Waals surface area contributed by atoms with Crippen molar-refractivity contribution in [3.8, 4) is 17.0 Å². The highest BCUT2D eigenvalue weighted by Crippen LogP contribution is 2.37. The second-order valence-corrected chi connectivity index (χ2v) is 10.5. The van der Waals surface area contributed by atoms with E-state index < -0.39 is 10.0 Å². The molecule has 1 aliphatic heterocycles. The molecule has 8 heteroatoms. The van der Waals surface area contributed by atoms with Crippen molar-refractivity contribution in [2.75, 3.05) is 20.2 Å². The van der Waals surface area contributed by atoms with Crippen LogP contribution in [-0.4, -0.2) is 52.7 Å². The van der Waals surface area contributed by atoms with Crippen molar-refractivity contribution in [1.82, 2.24) is 18.8 Å². The van der Waals surface area contributed by atoms with E-state index in [0.717, 1.165) is 59.4 Å². The molecule has 0 spiro atoms. The van der Waals surface area contributed by atoms with Gasteiger partial charge in [0.15, 0.2) is 0 Å². The Balaban J connectivity index is 1.47. The summed E-state index contributed by atoms with van der Waals surface area (Å²) in [5.74, 6) is 1.04. The van der Waals surface area contributed by atoms with Gasteiger partial charge in [0.25, 0.3) is 0 Å². The Kier molecular flexibility index (Phi) is 4.78. The Bertz CT molecular complexity index is 1180. The first-order valence-electron chi connectivity index (χ1n) is 10.4. The van der Waals surface area contributed by atoms with E-state index in [2.05, 4.69) is 11.1 Å². The molecule has 30 heavy (non-hydrogen) atoms. The van der Waals surface area contributed by atoms with Gasteiger partial charge in [0, 0.05) is 37.3 Å². The number of benzene rings is 1. The van der Waals surface area contributed by atoms with Gasteiger partial charge in [-0.3, -0.25) is 4.98 Å². The fourth-order valence-corrected chi connectivity index (χ4v) is 6.16. The molecule has 0 amide bonds. The molecule has 158 valence electrons. The number of nitrogens with zero attached hydrogens (tertiary/aromatic N) is 4. The highest BCUT2D eigenvalue weighted by Gasteiger charge is 2.41. The summed E-state index contributed by atoms with van der Waals surface area (Å²) in [4.78, 5) is 9.59. The Hall–Kier alpha value is -2.45. The normalized spacial score (nSPS) is 18.7. The average molecular weight is 427 g/mol. The van der Waals surface area contributed by atoms with Crippen LogP contribution in [0.25, 0.3) is 22.3 Å². The van der Waals surface area contributed by atoms with Crippen LogP contribution in [0.15, 0.2) is 36.7 Å². The first kappa shape index (κ1) is 19.5. The van der Waals surface area contributed by atoms with Crippen molar-refractivity contribution in [2.45, 2.75) is 36.9 Å². The molecule has 2 aliphatic rings. The quantitative estimate of drug-likeness (QED) is 0.626. The molecule has 0 unspecified atom stereocenters. The fraction of sp³-hybridized carbons (Fsp3) is 0.455. The van der Waals surface area contributed by atoms with E-state index >= 15 is 0 Å². The minimum absolute atomic E-state index is 0.139. The lowest BCUT2D eigenvalue weighted by Gasteiger charge is -2.31. The van der Waals surface area contributed by atoms with Crippen LogP contribution in [0.1, 0.15) is 37.3 Å². The van der Waals surface area contributed by atoms with Crippen molar-refractivity contribution >= 4 is 21.1 Å².